The van der Waals surface area contributed by atoms with Crippen LogP contribution < -0.4 is 0 Å². The zero-order valence-electron chi connectivity index (χ0n) is 17.6. The first kappa shape index (κ1) is 23.8. The van der Waals surface area contributed by atoms with Crippen LogP contribution in [0.15, 0.2) is 58.4 Å². The van der Waals surface area contributed by atoms with Crippen LogP contribution in [0, 0.1) is 0 Å². The summed E-state index contributed by atoms with van der Waals surface area (Å²) in [6.07, 6.45) is 0.846. The van der Waals surface area contributed by atoms with Gasteiger partial charge in [0.2, 0.25) is 10.0 Å². The van der Waals surface area contributed by atoms with Gasteiger partial charge in [0.15, 0.2) is 5.17 Å². The number of thioether (sulfide) groups is 1. The minimum Gasteiger partial charge on any atom is -0.287 e. The first-order chi connectivity index (χ1) is 14.9. The number of rotatable bonds is 7. The van der Waals surface area contributed by atoms with Gasteiger partial charge in [0, 0.05) is 31.0 Å². The third-order valence-electron chi connectivity index (χ3n) is 4.97. The molecule has 3 rings (SSSR count). The van der Waals surface area contributed by atoms with E-state index in [0.717, 1.165) is 17.7 Å². The van der Waals surface area contributed by atoms with Gasteiger partial charge in [-0.1, -0.05) is 67.5 Å². The molecule has 2 aromatic carbocycles. The fourth-order valence-electron chi connectivity index (χ4n) is 3.31. The van der Waals surface area contributed by atoms with Crippen molar-refractivity contribution in [2.24, 2.45) is 4.99 Å². The summed E-state index contributed by atoms with van der Waals surface area (Å²) in [4.78, 5) is 19.5. The van der Waals surface area contributed by atoms with E-state index in [1.807, 2.05) is 30.3 Å². The van der Waals surface area contributed by atoms with Gasteiger partial charge in [0.25, 0.3) is 5.91 Å². The van der Waals surface area contributed by atoms with E-state index < -0.39 is 10.0 Å². The van der Waals surface area contributed by atoms with Crippen molar-refractivity contribution in [1.29, 1.82) is 0 Å². The number of benzene rings is 2. The van der Waals surface area contributed by atoms with Crippen molar-refractivity contribution in [3.8, 4) is 0 Å². The summed E-state index contributed by atoms with van der Waals surface area (Å²) < 4.78 is 27.3. The molecule has 0 radical (unpaired) electrons. The molecule has 6 nitrogen and oxygen atoms in total. The zero-order chi connectivity index (χ0) is 22.4. The Morgan fingerprint density at radius 1 is 1.16 bits per heavy atom. The van der Waals surface area contributed by atoms with Crippen molar-refractivity contribution in [3.63, 3.8) is 0 Å². The third-order valence-corrected chi connectivity index (χ3v) is 8.61. The van der Waals surface area contributed by atoms with Crippen molar-refractivity contribution in [1.82, 2.24) is 9.21 Å². The van der Waals surface area contributed by atoms with Gasteiger partial charge >= 0.3 is 0 Å². The average molecular weight is 480 g/mol. The summed E-state index contributed by atoms with van der Waals surface area (Å²) in [5.74, 6) is 0.617. The fourth-order valence-corrected chi connectivity index (χ4v) is 6.21. The number of aliphatic imine (C=N–C) groups is 1. The Bertz CT molecular complexity index is 1050. The van der Waals surface area contributed by atoms with Crippen molar-refractivity contribution < 1.29 is 13.2 Å². The van der Waals surface area contributed by atoms with Crippen LogP contribution in [0.3, 0.4) is 0 Å². The van der Waals surface area contributed by atoms with Crippen LogP contribution in [0.1, 0.15) is 36.2 Å². The summed E-state index contributed by atoms with van der Waals surface area (Å²) in [6.45, 7) is 5.21. The second kappa shape index (κ2) is 10.6. The van der Waals surface area contributed by atoms with E-state index in [2.05, 4.69) is 4.99 Å². The predicted octanol–water partition coefficient (Wildman–Crippen LogP) is 4.51. The second-order valence-electron chi connectivity index (χ2n) is 6.98. The molecule has 0 unspecified atom stereocenters. The van der Waals surface area contributed by atoms with E-state index in [1.165, 1.54) is 16.4 Å². The molecule has 31 heavy (non-hydrogen) atoms. The number of carbonyl (C=O) groups excluding carboxylic acids is 1. The maximum absolute atomic E-state index is 13.3. The van der Waals surface area contributed by atoms with Crippen LogP contribution in [0.25, 0.3) is 0 Å². The minimum atomic E-state index is -3.78. The highest BCUT2D eigenvalue weighted by Gasteiger charge is 2.29. The molecule has 1 saturated heterocycles. The van der Waals surface area contributed by atoms with Gasteiger partial charge in [0.05, 0.1) is 11.6 Å². The van der Waals surface area contributed by atoms with E-state index in [0.29, 0.717) is 31.3 Å². The Morgan fingerprint density at radius 3 is 2.55 bits per heavy atom. The maximum Gasteiger partial charge on any atom is 0.259 e. The molecule has 0 atom stereocenters. The average Bonchev–Trinajstić information content (AvgIpc) is 2.79. The van der Waals surface area contributed by atoms with Crippen LogP contribution in [-0.4, -0.2) is 54.1 Å². The van der Waals surface area contributed by atoms with Gasteiger partial charge in [-0.25, -0.2) is 8.42 Å². The molecule has 0 saturated carbocycles. The number of hydrogen-bond acceptors (Lipinski definition) is 5. The zero-order valence-corrected chi connectivity index (χ0v) is 20.0. The number of sulfonamides is 1. The van der Waals surface area contributed by atoms with Crippen LogP contribution in [0.2, 0.25) is 5.02 Å². The van der Waals surface area contributed by atoms with Crippen LogP contribution in [0.5, 0.6) is 0 Å². The SMILES string of the molecule is CCN(CC)S(=O)(=O)c1cc(C(=O)N2CCCSC2=NCc2ccccc2)ccc1Cl. The summed E-state index contributed by atoms with van der Waals surface area (Å²) >= 11 is 7.76. The van der Waals surface area contributed by atoms with E-state index in [-0.39, 0.29) is 21.4 Å². The highest BCUT2D eigenvalue weighted by molar-refractivity contribution is 8.13. The molecule has 0 aliphatic carbocycles. The third kappa shape index (κ3) is 5.49. The fraction of sp³-hybridized carbons (Fsp3) is 0.364. The predicted molar refractivity (Wildman–Crippen MR) is 127 cm³/mol. The highest BCUT2D eigenvalue weighted by Crippen LogP contribution is 2.28. The molecule has 1 amide bonds. The molecule has 9 heteroatoms. The lowest BCUT2D eigenvalue weighted by Gasteiger charge is -2.28. The molecule has 2 aromatic rings. The topological polar surface area (TPSA) is 70.1 Å². The molecule has 1 heterocycles. The molecule has 0 aromatic heterocycles. The maximum atomic E-state index is 13.3. The number of hydrogen-bond donors (Lipinski definition) is 0. The van der Waals surface area contributed by atoms with Crippen molar-refractivity contribution >= 4 is 44.5 Å². The number of nitrogens with zero attached hydrogens (tertiary/aromatic N) is 3. The Hall–Kier alpha value is -1.87. The van der Waals surface area contributed by atoms with Crippen molar-refractivity contribution in [2.45, 2.75) is 31.7 Å². The van der Waals surface area contributed by atoms with E-state index in [4.69, 9.17) is 11.6 Å². The molecule has 0 spiro atoms. The molecule has 166 valence electrons. The molecular formula is C22H26ClN3O3S2. The van der Waals surface area contributed by atoms with Gasteiger partial charge in [-0.2, -0.15) is 4.31 Å². The van der Waals surface area contributed by atoms with Crippen molar-refractivity contribution in [2.75, 3.05) is 25.4 Å². The van der Waals surface area contributed by atoms with Gasteiger partial charge < -0.3 is 0 Å². The van der Waals surface area contributed by atoms with Gasteiger partial charge in [0.1, 0.15) is 4.90 Å². The van der Waals surface area contributed by atoms with Gasteiger partial charge in [-0.05, 0) is 30.2 Å². The standard InChI is InChI=1S/C22H26ClN3O3S2/c1-3-25(4-2)31(28,29)20-15-18(11-12-19(20)23)21(27)26-13-8-14-30-22(26)24-16-17-9-6-5-7-10-17/h5-7,9-12,15H,3-4,8,13-14,16H2,1-2H3. The van der Waals surface area contributed by atoms with E-state index in [1.54, 1.807) is 36.6 Å². The van der Waals surface area contributed by atoms with E-state index in [9.17, 15) is 13.2 Å². The normalized spacial score (nSPS) is 16.1. The van der Waals surface area contributed by atoms with Gasteiger partial charge in [-0.15, -0.1) is 0 Å². The number of carbonyl (C=O) groups is 1. The Balaban J connectivity index is 1.90. The van der Waals surface area contributed by atoms with Crippen LogP contribution in [0.4, 0.5) is 0 Å². The van der Waals surface area contributed by atoms with Gasteiger partial charge in [-0.3, -0.25) is 14.7 Å². The van der Waals surface area contributed by atoms with Crippen LogP contribution >= 0.6 is 23.4 Å². The second-order valence-corrected chi connectivity index (χ2v) is 10.4. The summed E-state index contributed by atoms with van der Waals surface area (Å²) in [5, 5.41) is 0.762. The van der Waals surface area contributed by atoms with E-state index >= 15 is 0 Å². The molecule has 0 bridgehead atoms. The lowest BCUT2D eigenvalue weighted by atomic mass is 10.2. The number of halogens is 1. The smallest absolute Gasteiger partial charge is 0.259 e. The highest BCUT2D eigenvalue weighted by atomic mass is 35.5. The van der Waals surface area contributed by atoms with Crippen molar-refractivity contribution in [3.05, 3.63) is 64.7 Å². The number of amides is 1. The Labute approximate surface area is 193 Å². The summed E-state index contributed by atoms with van der Waals surface area (Å²) in [5.41, 5.74) is 1.35. The molecular weight excluding hydrogens is 454 g/mol. The van der Waals surface area contributed by atoms with Crippen LogP contribution in [-0.2, 0) is 16.6 Å². The summed E-state index contributed by atoms with van der Waals surface area (Å²) in [7, 11) is -3.78. The lowest BCUT2D eigenvalue weighted by molar-refractivity contribution is 0.0848. The quantitative estimate of drug-likeness (QED) is 0.586. The first-order valence-electron chi connectivity index (χ1n) is 10.2. The monoisotopic (exact) mass is 479 g/mol. The Morgan fingerprint density at radius 2 is 1.87 bits per heavy atom. The molecule has 0 N–H and O–H groups in total. The molecule has 1 aliphatic heterocycles. The lowest BCUT2D eigenvalue weighted by Crippen LogP contribution is -2.39. The number of amidine groups is 1. The largest absolute Gasteiger partial charge is 0.287 e. The molecule has 1 aliphatic rings. The summed E-state index contributed by atoms with van der Waals surface area (Å²) in [6, 6.07) is 14.3. The molecule has 1 fully saturated rings. The minimum absolute atomic E-state index is 0.0452. The Kier molecular flexibility index (Phi) is 8.16. The first-order valence-corrected chi connectivity index (χ1v) is 13.0.